The number of nitrogens with one attached hydrogen (secondary N) is 1. The maximum absolute atomic E-state index is 13.4. The molecule has 1 aromatic carbocycles. The molecular formula is C16H24FNO2. The molecule has 20 heavy (non-hydrogen) atoms. The van der Waals surface area contributed by atoms with Crippen LogP contribution in [0.3, 0.4) is 0 Å². The third-order valence-corrected chi connectivity index (χ3v) is 4.00. The van der Waals surface area contributed by atoms with E-state index < -0.39 is 6.10 Å². The number of aliphatic hydroxyl groups excluding tert-OH is 1. The van der Waals surface area contributed by atoms with Gasteiger partial charge in [-0.25, -0.2) is 4.39 Å². The average Bonchev–Trinajstić information content (AvgIpc) is 2.84. The Kier molecular flexibility index (Phi) is 5.95. The molecule has 0 bridgehead atoms. The summed E-state index contributed by atoms with van der Waals surface area (Å²) < 4.78 is 18.7. The molecule has 2 N–H and O–H groups in total. The van der Waals surface area contributed by atoms with Crippen LogP contribution < -0.4 is 5.32 Å². The first-order chi connectivity index (χ1) is 9.66. The third kappa shape index (κ3) is 4.54. The van der Waals surface area contributed by atoms with Crippen LogP contribution in [0.15, 0.2) is 24.3 Å². The summed E-state index contributed by atoms with van der Waals surface area (Å²) in [4.78, 5) is 0. The summed E-state index contributed by atoms with van der Waals surface area (Å²) in [6.45, 7) is 3.20. The van der Waals surface area contributed by atoms with Gasteiger partial charge in [-0.05, 0) is 24.8 Å². The summed E-state index contributed by atoms with van der Waals surface area (Å²) in [5, 5.41) is 13.2. The summed E-state index contributed by atoms with van der Waals surface area (Å²) in [6.07, 6.45) is 3.16. The van der Waals surface area contributed by atoms with Crippen LogP contribution in [0.1, 0.15) is 31.7 Å². The van der Waals surface area contributed by atoms with Crippen LogP contribution in [0.5, 0.6) is 0 Å². The van der Waals surface area contributed by atoms with E-state index in [-0.39, 0.29) is 19.0 Å². The van der Waals surface area contributed by atoms with Gasteiger partial charge in [0.05, 0.1) is 19.3 Å². The van der Waals surface area contributed by atoms with E-state index in [2.05, 4.69) is 12.2 Å². The van der Waals surface area contributed by atoms with E-state index in [9.17, 15) is 9.50 Å². The van der Waals surface area contributed by atoms with Gasteiger partial charge in [0.15, 0.2) is 0 Å². The Morgan fingerprint density at radius 1 is 1.40 bits per heavy atom. The molecule has 0 radical (unpaired) electrons. The van der Waals surface area contributed by atoms with E-state index in [0.717, 1.165) is 0 Å². The number of hydrogen-bond acceptors (Lipinski definition) is 3. The quantitative estimate of drug-likeness (QED) is 0.807. The normalized spacial score (nSPS) is 23.9. The fourth-order valence-electron chi connectivity index (χ4n) is 2.72. The molecule has 1 fully saturated rings. The minimum Gasteiger partial charge on any atom is -0.389 e. The number of halogens is 1. The molecule has 1 aliphatic rings. The SMILES string of the molecule is CC1CCCC1NCC(O)COCc1ccccc1F. The van der Waals surface area contributed by atoms with Crippen LogP contribution in [0.25, 0.3) is 0 Å². The van der Waals surface area contributed by atoms with Gasteiger partial charge < -0.3 is 15.2 Å². The maximum atomic E-state index is 13.4. The summed E-state index contributed by atoms with van der Waals surface area (Å²) in [7, 11) is 0. The van der Waals surface area contributed by atoms with Crippen LogP contribution in [0.4, 0.5) is 4.39 Å². The van der Waals surface area contributed by atoms with Gasteiger partial charge in [-0.2, -0.15) is 0 Å². The van der Waals surface area contributed by atoms with Crippen molar-refractivity contribution in [3.8, 4) is 0 Å². The Morgan fingerprint density at radius 3 is 2.90 bits per heavy atom. The molecule has 3 atom stereocenters. The van der Waals surface area contributed by atoms with Crippen molar-refractivity contribution >= 4 is 0 Å². The van der Waals surface area contributed by atoms with Crippen molar-refractivity contribution < 1.29 is 14.2 Å². The minimum absolute atomic E-state index is 0.198. The topological polar surface area (TPSA) is 41.5 Å². The lowest BCUT2D eigenvalue weighted by Gasteiger charge is -2.20. The largest absolute Gasteiger partial charge is 0.389 e. The van der Waals surface area contributed by atoms with E-state index in [0.29, 0.717) is 24.1 Å². The van der Waals surface area contributed by atoms with Crippen LogP contribution in [-0.4, -0.2) is 30.4 Å². The van der Waals surface area contributed by atoms with Crippen molar-refractivity contribution in [3.05, 3.63) is 35.6 Å². The molecule has 0 heterocycles. The first-order valence-corrected chi connectivity index (χ1v) is 7.39. The highest BCUT2D eigenvalue weighted by molar-refractivity contribution is 5.16. The van der Waals surface area contributed by atoms with Crippen molar-refractivity contribution in [3.63, 3.8) is 0 Å². The summed E-state index contributed by atoms with van der Waals surface area (Å²) in [6, 6.07) is 7.05. The Hall–Kier alpha value is -0.970. The molecule has 3 unspecified atom stereocenters. The van der Waals surface area contributed by atoms with Crippen molar-refractivity contribution in [2.24, 2.45) is 5.92 Å². The molecule has 3 nitrogen and oxygen atoms in total. The van der Waals surface area contributed by atoms with E-state index >= 15 is 0 Å². The summed E-state index contributed by atoms with van der Waals surface area (Å²) in [5.41, 5.74) is 0.525. The summed E-state index contributed by atoms with van der Waals surface area (Å²) in [5.74, 6) is 0.418. The molecule has 1 saturated carbocycles. The number of ether oxygens (including phenoxy) is 1. The molecule has 0 saturated heterocycles. The highest BCUT2D eigenvalue weighted by atomic mass is 19.1. The van der Waals surface area contributed by atoms with Crippen molar-refractivity contribution in [1.29, 1.82) is 0 Å². The number of rotatable bonds is 7. The highest BCUT2D eigenvalue weighted by Gasteiger charge is 2.23. The predicted octanol–water partition coefficient (Wildman–Crippen LogP) is 2.48. The Balaban J connectivity index is 1.63. The van der Waals surface area contributed by atoms with Crippen LogP contribution >= 0.6 is 0 Å². The number of aliphatic hydroxyl groups is 1. The van der Waals surface area contributed by atoms with Gasteiger partial charge in [-0.3, -0.25) is 0 Å². The second-order valence-electron chi connectivity index (χ2n) is 5.68. The van der Waals surface area contributed by atoms with Gasteiger partial charge in [-0.1, -0.05) is 31.5 Å². The predicted molar refractivity (Wildman–Crippen MR) is 76.9 cm³/mol. The highest BCUT2D eigenvalue weighted by Crippen LogP contribution is 2.24. The second-order valence-corrected chi connectivity index (χ2v) is 5.68. The van der Waals surface area contributed by atoms with E-state index in [1.165, 1.54) is 25.3 Å². The van der Waals surface area contributed by atoms with Gasteiger partial charge in [0, 0.05) is 18.2 Å². The first-order valence-electron chi connectivity index (χ1n) is 7.39. The van der Waals surface area contributed by atoms with Gasteiger partial charge in [0.25, 0.3) is 0 Å². The fraction of sp³-hybridized carbons (Fsp3) is 0.625. The first kappa shape index (κ1) is 15.4. The van der Waals surface area contributed by atoms with Crippen LogP contribution in [-0.2, 0) is 11.3 Å². The lowest BCUT2D eigenvalue weighted by atomic mass is 10.1. The lowest BCUT2D eigenvalue weighted by molar-refractivity contribution is 0.0262. The van der Waals surface area contributed by atoms with Gasteiger partial charge >= 0.3 is 0 Å². The lowest BCUT2D eigenvalue weighted by Crippen LogP contribution is -2.38. The molecule has 1 aliphatic carbocycles. The maximum Gasteiger partial charge on any atom is 0.128 e. The van der Waals surface area contributed by atoms with E-state index in [1.54, 1.807) is 18.2 Å². The summed E-state index contributed by atoms with van der Waals surface area (Å²) >= 11 is 0. The second kappa shape index (κ2) is 7.72. The van der Waals surface area contributed by atoms with Crippen LogP contribution in [0.2, 0.25) is 0 Å². The van der Waals surface area contributed by atoms with Crippen molar-refractivity contribution in [2.45, 2.75) is 44.9 Å². The molecule has 0 amide bonds. The molecule has 0 aliphatic heterocycles. The van der Waals surface area contributed by atoms with E-state index in [1.807, 2.05) is 0 Å². The Labute approximate surface area is 120 Å². The molecular weight excluding hydrogens is 257 g/mol. The molecule has 0 aromatic heterocycles. The number of benzene rings is 1. The monoisotopic (exact) mass is 281 g/mol. The zero-order valence-electron chi connectivity index (χ0n) is 12.0. The van der Waals surface area contributed by atoms with Gasteiger partial charge in [0.2, 0.25) is 0 Å². The zero-order chi connectivity index (χ0) is 14.4. The molecule has 4 heteroatoms. The third-order valence-electron chi connectivity index (χ3n) is 4.00. The van der Waals surface area contributed by atoms with Crippen molar-refractivity contribution in [2.75, 3.05) is 13.2 Å². The Morgan fingerprint density at radius 2 is 2.20 bits per heavy atom. The number of hydrogen-bond donors (Lipinski definition) is 2. The van der Waals surface area contributed by atoms with Gasteiger partial charge in [-0.15, -0.1) is 0 Å². The van der Waals surface area contributed by atoms with E-state index in [4.69, 9.17) is 4.74 Å². The molecule has 112 valence electrons. The molecule has 0 spiro atoms. The minimum atomic E-state index is -0.547. The van der Waals surface area contributed by atoms with Gasteiger partial charge in [0.1, 0.15) is 5.82 Å². The standard InChI is InChI=1S/C16H24FNO2/c1-12-5-4-8-16(12)18-9-14(19)11-20-10-13-6-2-3-7-15(13)17/h2-3,6-7,12,14,16,18-19H,4-5,8-11H2,1H3. The Bertz CT molecular complexity index is 413. The molecule has 2 rings (SSSR count). The molecule has 1 aromatic rings. The van der Waals surface area contributed by atoms with Crippen molar-refractivity contribution in [1.82, 2.24) is 5.32 Å². The zero-order valence-corrected chi connectivity index (χ0v) is 12.0. The average molecular weight is 281 g/mol. The van der Waals surface area contributed by atoms with Crippen LogP contribution in [0, 0.1) is 11.7 Å². The fourth-order valence-corrected chi connectivity index (χ4v) is 2.72. The smallest absolute Gasteiger partial charge is 0.128 e.